The second-order valence-corrected chi connectivity index (χ2v) is 2.88. The Labute approximate surface area is 79.1 Å². The molecule has 0 rings (SSSR count). The average molecular weight is 184 g/mol. The standard InChI is InChI=1S/C10H16O3/c1-4-6-7-8(9(11)5-2)10(12)13-3/h2,8-9,11H,4,6-7H2,1,3H3/t8-,9+/m1/s1. The van der Waals surface area contributed by atoms with E-state index < -0.39 is 18.0 Å². The number of aliphatic hydroxyl groups is 1. The number of rotatable bonds is 5. The van der Waals surface area contributed by atoms with E-state index in [1.54, 1.807) is 0 Å². The molecule has 0 aliphatic carbocycles. The highest BCUT2D eigenvalue weighted by molar-refractivity contribution is 5.73. The highest BCUT2D eigenvalue weighted by Gasteiger charge is 2.25. The molecule has 0 aromatic carbocycles. The third-order valence-electron chi connectivity index (χ3n) is 1.92. The maximum Gasteiger partial charge on any atom is 0.312 e. The van der Waals surface area contributed by atoms with Crippen LogP contribution in [-0.4, -0.2) is 24.3 Å². The van der Waals surface area contributed by atoms with Gasteiger partial charge in [0.15, 0.2) is 0 Å². The molecule has 13 heavy (non-hydrogen) atoms. The quantitative estimate of drug-likeness (QED) is 0.511. The van der Waals surface area contributed by atoms with Gasteiger partial charge in [0.2, 0.25) is 0 Å². The molecule has 0 aromatic rings. The third-order valence-corrected chi connectivity index (χ3v) is 1.92. The molecule has 3 nitrogen and oxygen atoms in total. The number of hydrogen-bond acceptors (Lipinski definition) is 3. The molecule has 0 aliphatic rings. The van der Waals surface area contributed by atoms with Gasteiger partial charge in [-0.1, -0.05) is 25.7 Å². The van der Waals surface area contributed by atoms with Crippen molar-refractivity contribution < 1.29 is 14.6 Å². The second-order valence-electron chi connectivity index (χ2n) is 2.88. The first kappa shape index (κ1) is 12.0. The molecule has 0 spiro atoms. The molecule has 0 radical (unpaired) electrons. The molecule has 0 saturated heterocycles. The summed E-state index contributed by atoms with van der Waals surface area (Å²) in [6.45, 7) is 2.01. The minimum atomic E-state index is -1.03. The maximum absolute atomic E-state index is 11.1. The molecule has 0 amide bonds. The van der Waals surface area contributed by atoms with Crippen LogP contribution in [0.4, 0.5) is 0 Å². The van der Waals surface area contributed by atoms with Gasteiger partial charge >= 0.3 is 5.97 Å². The van der Waals surface area contributed by atoms with E-state index in [-0.39, 0.29) is 0 Å². The maximum atomic E-state index is 11.1. The van der Waals surface area contributed by atoms with Crippen molar-refractivity contribution in [3.05, 3.63) is 0 Å². The number of esters is 1. The molecule has 0 heterocycles. The van der Waals surface area contributed by atoms with Crippen molar-refractivity contribution in [2.24, 2.45) is 5.92 Å². The summed E-state index contributed by atoms with van der Waals surface area (Å²) in [5, 5.41) is 9.31. The molecule has 74 valence electrons. The predicted octanol–water partition coefficient (Wildman–Crippen LogP) is 0.960. The smallest absolute Gasteiger partial charge is 0.312 e. The van der Waals surface area contributed by atoms with Gasteiger partial charge in [0.05, 0.1) is 13.0 Å². The monoisotopic (exact) mass is 184 g/mol. The van der Waals surface area contributed by atoms with Gasteiger partial charge in [-0.15, -0.1) is 6.42 Å². The van der Waals surface area contributed by atoms with E-state index in [0.29, 0.717) is 6.42 Å². The van der Waals surface area contributed by atoms with Crippen molar-refractivity contribution in [3.63, 3.8) is 0 Å². The first-order valence-corrected chi connectivity index (χ1v) is 4.39. The minimum Gasteiger partial charge on any atom is -0.469 e. The largest absolute Gasteiger partial charge is 0.469 e. The highest BCUT2D eigenvalue weighted by atomic mass is 16.5. The number of terminal acetylenes is 1. The molecular formula is C10H16O3. The van der Waals surface area contributed by atoms with Gasteiger partial charge in [0, 0.05) is 0 Å². The lowest BCUT2D eigenvalue weighted by atomic mass is 9.96. The number of aliphatic hydroxyl groups excluding tert-OH is 1. The van der Waals surface area contributed by atoms with Gasteiger partial charge in [0.1, 0.15) is 6.10 Å². The van der Waals surface area contributed by atoms with Gasteiger partial charge in [-0.25, -0.2) is 0 Å². The molecule has 0 bridgehead atoms. The van der Waals surface area contributed by atoms with Crippen LogP contribution in [0.1, 0.15) is 26.2 Å². The van der Waals surface area contributed by atoms with E-state index in [9.17, 15) is 9.90 Å². The summed E-state index contributed by atoms with van der Waals surface area (Å²) in [5.74, 6) is 1.14. The average Bonchev–Trinajstić information content (AvgIpc) is 2.17. The molecule has 0 fully saturated rings. The fraction of sp³-hybridized carbons (Fsp3) is 0.700. The van der Waals surface area contributed by atoms with Crippen LogP contribution in [0.5, 0.6) is 0 Å². The summed E-state index contributed by atoms with van der Waals surface area (Å²) in [5.41, 5.74) is 0. The van der Waals surface area contributed by atoms with Gasteiger partial charge < -0.3 is 9.84 Å². The van der Waals surface area contributed by atoms with Crippen LogP contribution in [0, 0.1) is 18.3 Å². The Balaban J connectivity index is 4.20. The van der Waals surface area contributed by atoms with Crippen LogP contribution in [0.3, 0.4) is 0 Å². The second kappa shape index (κ2) is 6.50. The van der Waals surface area contributed by atoms with Crippen molar-refractivity contribution in [2.45, 2.75) is 32.3 Å². The van der Waals surface area contributed by atoms with E-state index >= 15 is 0 Å². The van der Waals surface area contributed by atoms with Crippen molar-refractivity contribution in [2.75, 3.05) is 7.11 Å². The number of methoxy groups -OCH3 is 1. The van der Waals surface area contributed by atoms with E-state index in [1.165, 1.54) is 7.11 Å². The topological polar surface area (TPSA) is 46.5 Å². The van der Waals surface area contributed by atoms with Gasteiger partial charge in [-0.3, -0.25) is 4.79 Å². The van der Waals surface area contributed by atoms with Crippen LogP contribution < -0.4 is 0 Å². The zero-order valence-electron chi connectivity index (χ0n) is 8.12. The van der Waals surface area contributed by atoms with E-state index in [4.69, 9.17) is 6.42 Å². The fourth-order valence-electron chi connectivity index (χ4n) is 1.10. The number of carbonyl (C=O) groups excluding carboxylic acids is 1. The first-order valence-electron chi connectivity index (χ1n) is 4.39. The zero-order valence-corrected chi connectivity index (χ0v) is 8.12. The van der Waals surface area contributed by atoms with Crippen molar-refractivity contribution in [1.82, 2.24) is 0 Å². The van der Waals surface area contributed by atoms with Crippen molar-refractivity contribution in [3.8, 4) is 12.3 Å². The summed E-state index contributed by atoms with van der Waals surface area (Å²) in [6, 6.07) is 0. The Hall–Kier alpha value is -1.01. The SMILES string of the molecule is C#C[C@H](O)[C@@H](CCCC)C(=O)OC. The molecule has 2 atom stereocenters. The molecule has 0 aliphatic heterocycles. The number of unbranched alkanes of at least 4 members (excludes halogenated alkanes) is 1. The van der Waals surface area contributed by atoms with Crippen LogP contribution in [0.15, 0.2) is 0 Å². The van der Waals surface area contributed by atoms with E-state index in [0.717, 1.165) is 12.8 Å². The Morgan fingerprint density at radius 3 is 2.69 bits per heavy atom. The lowest BCUT2D eigenvalue weighted by Gasteiger charge is -2.15. The molecular weight excluding hydrogens is 168 g/mol. The summed E-state index contributed by atoms with van der Waals surface area (Å²) in [4.78, 5) is 11.1. The lowest BCUT2D eigenvalue weighted by molar-refractivity contribution is -0.148. The zero-order chi connectivity index (χ0) is 10.3. The van der Waals surface area contributed by atoms with Crippen LogP contribution >= 0.6 is 0 Å². The predicted molar refractivity (Wildman–Crippen MR) is 49.9 cm³/mol. The van der Waals surface area contributed by atoms with Crippen molar-refractivity contribution >= 4 is 5.97 Å². The Morgan fingerprint density at radius 1 is 1.69 bits per heavy atom. The Morgan fingerprint density at radius 2 is 2.31 bits per heavy atom. The first-order chi connectivity index (χ1) is 6.17. The number of hydrogen-bond donors (Lipinski definition) is 1. The molecule has 1 N–H and O–H groups in total. The minimum absolute atomic E-state index is 0.432. The number of ether oxygens (including phenoxy) is 1. The Bertz CT molecular complexity index is 193. The molecule has 0 unspecified atom stereocenters. The third kappa shape index (κ3) is 3.95. The summed E-state index contributed by atoms with van der Waals surface area (Å²) in [6.07, 6.45) is 6.40. The normalized spacial score (nSPS) is 14.3. The lowest BCUT2D eigenvalue weighted by Crippen LogP contribution is -2.28. The Kier molecular flexibility index (Phi) is 5.99. The van der Waals surface area contributed by atoms with Crippen LogP contribution in [0.2, 0.25) is 0 Å². The number of carbonyl (C=O) groups is 1. The summed E-state index contributed by atoms with van der Waals surface area (Å²) < 4.78 is 4.54. The molecule has 0 saturated carbocycles. The fourth-order valence-corrected chi connectivity index (χ4v) is 1.10. The van der Waals surface area contributed by atoms with Gasteiger partial charge in [0.25, 0.3) is 0 Å². The van der Waals surface area contributed by atoms with Gasteiger partial charge in [-0.2, -0.15) is 0 Å². The van der Waals surface area contributed by atoms with E-state index in [1.807, 2.05) is 6.92 Å². The van der Waals surface area contributed by atoms with Crippen LogP contribution in [-0.2, 0) is 9.53 Å². The van der Waals surface area contributed by atoms with Crippen molar-refractivity contribution in [1.29, 1.82) is 0 Å². The molecule has 0 aromatic heterocycles. The highest BCUT2D eigenvalue weighted by Crippen LogP contribution is 2.14. The molecule has 3 heteroatoms. The summed E-state index contributed by atoms with van der Waals surface area (Å²) >= 11 is 0. The van der Waals surface area contributed by atoms with Crippen LogP contribution in [0.25, 0.3) is 0 Å². The van der Waals surface area contributed by atoms with E-state index in [2.05, 4.69) is 10.7 Å². The summed E-state index contributed by atoms with van der Waals surface area (Å²) in [7, 11) is 1.30. The van der Waals surface area contributed by atoms with Gasteiger partial charge in [-0.05, 0) is 6.42 Å².